The maximum Gasteiger partial charge on any atom is 0.330 e. The lowest BCUT2D eigenvalue weighted by Gasteiger charge is -2.26. The van der Waals surface area contributed by atoms with Crippen molar-refractivity contribution >= 4 is 12.0 Å². The molecule has 0 aromatic heterocycles. The fourth-order valence-corrected chi connectivity index (χ4v) is 1.99. The van der Waals surface area contributed by atoms with Gasteiger partial charge in [0.25, 0.3) is 0 Å². The van der Waals surface area contributed by atoms with Crippen LogP contribution in [0, 0.1) is 0 Å². The maximum absolute atomic E-state index is 11.5. The summed E-state index contributed by atoms with van der Waals surface area (Å²) in [4.78, 5) is 13.8. The summed E-state index contributed by atoms with van der Waals surface area (Å²) in [5, 5.41) is 3.29. The predicted octanol–water partition coefficient (Wildman–Crippen LogP) is 1.15. The average Bonchev–Trinajstić information content (AvgIpc) is 2.47. The normalized spacial score (nSPS) is 16.6. The van der Waals surface area contributed by atoms with Crippen LogP contribution in [0.15, 0.2) is 36.4 Å². The topological polar surface area (TPSA) is 41.6 Å². The molecule has 1 aromatic rings. The average molecular weight is 260 g/mol. The van der Waals surface area contributed by atoms with Crippen LogP contribution < -0.4 is 5.32 Å². The van der Waals surface area contributed by atoms with Gasteiger partial charge in [-0.3, -0.25) is 4.90 Å². The molecule has 0 saturated carbocycles. The van der Waals surface area contributed by atoms with Gasteiger partial charge in [-0.25, -0.2) is 4.79 Å². The Balaban J connectivity index is 1.65. The molecule has 0 aliphatic carbocycles. The monoisotopic (exact) mass is 260 g/mol. The molecule has 1 aliphatic rings. The second kappa shape index (κ2) is 7.71. The molecule has 0 spiro atoms. The number of hydrogen-bond donors (Lipinski definition) is 1. The molecule has 4 heteroatoms. The van der Waals surface area contributed by atoms with Gasteiger partial charge in [-0.1, -0.05) is 30.3 Å². The largest absolute Gasteiger partial charge is 0.461 e. The van der Waals surface area contributed by atoms with E-state index in [4.69, 9.17) is 4.74 Å². The molecule has 19 heavy (non-hydrogen) atoms. The zero-order valence-corrected chi connectivity index (χ0v) is 11.0. The summed E-state index contributed by atoms with van der Waals surface area (Å²) in [6.45, 7) is 5.35. The highest BCUT2D eigenvalue weighted by atomic mass is 16.5. The molecule has 1 N–H and O–H groups in total. The van der Waals surface area contributed by atoms with Crippen molar-refractivity contribution < 1.29 is 9.53 Å². The molecule has 0 atom stereocenters. The van der Waals surface area contributed by atoms with Crippen molar-refractivity contribution in [1.29, 1.82) is 0 Å². The molecule has 1 heterocycles. The fraction of sp³-hybridized carbons (Fsp3) is 0.400. The van der Waals surface area contributed by atoms with Crippen LogP contribution in [-0.2, 0) is 9.53 Å². The Morgan fingerprint density at radius 1 is 1.26 bits per heavy atom. The minimum atomic E-state index is -0.279. The summed E-state index contributed by atoms with van der Waals surface area (Å²) in [6, 6.07) is 9.73. The highest BCUT2D eigenvalue weighted by molar-refractivity contribution is 5.86. The number of benzene rings is 1. The molecule has 2 rings (SSSR count). The number of piperazine rings is 1. The third-order valence-electron chi connectivity index (χ3n) is 3.07. The van der Waals surface area contributed by atoms with E-state index in [0.29, 0.717) is 6.61 Å². The van der Waals surface area contributed by atoms with Crippen LogP contribution in [0.2, 0.25) is 0 Å². The van der Waals surface area contributed by atoms with E-state index in [2.05, 4.69) is 10.2 Å². The molecule has 1 aromatic carbocycles. The fourth-order valence-electron chi connectivity index (χ4n) is 1.99. The van der Waals surface area contributed by atoms with Gasteiger partial charge in [-0.15, -0.1) is 0 Å². The van der Waals surface area contributed by atoms with E-state index in [1.807, 2.05) is 30.3 Å². The van der Waals surface area contributed by atoms with Crippen molar-refractivity contribution in [2.24, 2.45) is 0 Å². The van der Waals surface area contributed by atoms with Gasteiger partial charge in [0, 0.05) is 38.8 Å². The molecule has 102 valence electrons. The Morgan fingerprint density at radius 2 is 2.00 bits per heavy atom. The smallest absolute Gasteiger partial charge is 0.330 e. The third-order valence-corrected chi connectivity index (χ3v) is 3.07. The highest BCUT2D eigenvalue weighted by Crippen LogP contribution is 2.01. The Kier molecular flexibility index (Phi) is 5.59. The summed E-state index contributed by atoms with van der Waals surface area (Å²) < 4.78 is 5.18. The van der Waals surface area contributed by atoms with E-state index in [0.717, 1.165) is 38.3 Å². The standard InChI is InChI=1S/C15H20N2O2/c18-15(7-6-14-4-2-1-3-5-14)19-13-12-17-10-8-16-9-11-17/h1-7,16H,8-13H2/b7-6+. The maximum atomic E-state index is 11.5. The first-order valence-electron chi connectivity index (χ1n) is 6.67. The third kappa shape index (κ3) is 5.24. The number of nitrogens with zero attached hydrogens (tertiary/aromatic N) is 1. The lowest BCUT2D eigenvalue weighted by atomic mass is 10.2. The lowest BCUT2D eigenvalue weighted by molar-refractivity contribution is -0.138. The Hall–Kier alpha value is -1.65. The van der Waals surface area contributed by atoms with Crippen LogP contribution in [0.4, 0.5) is 0 Å². The number of ether oxygens (including phenoxy) is 1. The van der Waals surface area contributed by atoms with Gasteiger partial charge in [-0.2, -0.15) is 0 Å². The van der Waals surface area contributed by atoms with Gasteiger partial charge in [-0.05, 0) is 11.6 Å². The summed E-state index contributed by atoms with van der Waals surface area (Å²) in [5.41, 5.74) is 1.00. The summed E-state index contributed by atoms with van der Waals surface area (Å²) in [7, 11) is 0. The zero-order chi connectivity index (χ0) is 13.3. The number of carbonyl (C=O) groups excluding carboxylic acids is 1. The van der Waals surface area contributed by atoms with Crippen molar-refractivity contribution in [3.05, 3.63) is 42.0 Å². The first-order valence-corrected chi connectivity index (χ1v) is 6.67. The SMILES string of the molecule is O=C(/C=C/c1ccccc1)OCCN1CCNCC1. The number of nitrogens with one attached hydrogen (secondary N) is 1. The van der Waals surface area contributed by atoms with E-state index in [9.17, 15) is 4.79 Å². The summed E-state index contributed by atoms with van der Waals surface area (Å²) in [5.74, 6) is -0.279. The van der Waals surface area contributed by atoms with Crippen molar-refractivity contribution in [1.82, 2.24) is 10.2 Å². The second-order valence-electron chi connectivity index (χ2n) is 4.50. The molecule has 0 radical (unpaired) electrons. The van der Waals surface area contributed by atoms with Crippen LogP contribution in [0.5, 0.6) is 0 Å². The lowest BCUT2D eigenvalue weighted by Crippen LogP contribution is -2.44. The van der Waals surface area contributed by atoms with E-state index in [1.165, 1.54) is 6.08 Å². The van der Waals surface area contributed by atoms with Gasteiger partial charge in [0.15, 0.2) is 0 Å². The van der Waals surface area contributed by atoms with Crippen molar-refractivity contribution in [2.45, 2.75) is 0 Å². The van der Waals surface area contributed by atoms with E-state index >= 15 is 0 Å². The molecule has 0 bridgehead atoms. The van der Waals surface area contributed by atoms with Gasteiger partial charge in [0.05, 0.1) is 0 Å². The summed E-state index contributed by atoms with van der Waals surface area (Å²) >= 11 is 0. The van der Waals surface area contributed by atoms with Crippen LogP contribution in [0.1, 0.15) is 5.56 Å². The molecule has 4 nitrogen and oxygen atoms in total. The first kappa shape index (κ1) is 13.8. The van der Waals surface area contributed by atoms with Crippen LogP contribution in [0.3, 0.4) is 0 Å². The second-order valence-corrected chi connectivity index (χ2v) is 4.50. The molecular formula is C15H20N2O2. The highest BCUT2D eigenvalue weighted by Gasteiger charge is 2.09. The molecular weight excluding hydrogens is 240 g/mol. The Bertz CT molecular complexity index is 411. The minimum absolute atomic E-state index is 0.279. The van der Waals surface area contributed by atoms with Crippen molar-refractivity contribution in [3.63, 3.8) is 0 Å². The molecule has 1 saturated heterocycles. The Labute approximate surface area is 114 Å². The van der Waals surface area contributed by atoms with Gasteiger partial charge in [0.2, 0.25) is 0 Å². The first-order chi connectivity index (χ1) is 9.34. The minimum Gasteiger partial charge on any atom is -0.461 e. The van der Waals surface area contributed by atoms with Crippen LogP contribution >= 0.6 is 0 Å². The molecule has 1 aliphatic heterocycles. The number of hydrogen-bond acceptors (Lipinski definition) is 4. The predicted molar refractivity (Wildman–Crippen MR) is 75.7 cm³/mol. The Morgan fingerprint density at radius 3 is 2.74 bits per heavy atom. The zero-order valence-electron chi connectivity index (χ0n) is 11.0. The van der Waals surface area contributed by atoms with Crippen LogP contribution in [0.25, 0.3) is 6.08 Å². The van der Waals surface area contributed by atoms with Gasteiger partial charge in [0.1, 0.15) is 6.61 Å². The summed E-state index contributed by atoms with van der Waals surface area (Å²) in [6.07, 6.45) is 3.25. The van der Waals surface area contributed by atoms with Crippen LogP contribution in [-0.4, -0.2) is 50.2 Å². The van der Waals surface area contributed by atoms with E-state index < -0.39 is 0 Å². The van der Waals surface area contributed by atoms with Gasteiger partial charge < -0.3 is 10.1 Å². The van der Waals surface area contributed by atoms with E-state index in [1.54, 1.807) is 6.08 Å². The van der Waals surface area contributed by atoms with E-state index in [-0.39, 0.29) is 5.97 Å². The number of carbonyl (C=O) groups is 1. The number of esters is 1. The van der Waals surface area contributed by atoms with Crippen molar-refractivity contribution in [2.75, 3.05) is 39.3 Å². The van der Waals surface area contributed by atoms with Crippen molar-refractivity contribution in [3.8, 4) is 0 Å². The molecule has 0 unspecified atom stereocenters. The van der Waals surface area contributed by atoms with Gasteiger partial charge >= 0.3 is 5.97 Å². The molecule has 1 fully saturated rings. The quantitative estimate of drug-likeness (QED) is 0.637. The number of rotatable bonds is 5. The molecule has 0 amide bonds.